The van der Waals surface area contributed by atoms with Crippen molar-refractivity contribution in [3.8, 4) is 0 Å². The smallest absolute Gasteiger partial charge is 0.124 e. The van der Waals surface area contributed by atoms with Crippen LogP contribution in [0.5, 0.6) is 0 Å². The average Bonchev–Trinajstić information content (AvgIpc) is 2.91. The third-order valence-electron chi connectivity index (χ3n) is 4.97. The van der Waals surface area contributed by atoms with E-state index in [9.17, 15) is 0 Å². The molecular formula is C17H21N3S. The summed E-state index contributed by atoms with van der Waals surface area (Å²) >= 11 is 1.80. The number of nitrogens with one attached hydrogen (secondary N) is 1. The number of aryl methyl sites for hydroxylation is 1. The molecule has 1 aliphatic carbocycles. The van der Waals surface area contributed by atoms with Crippen LogP contribution in [0, 0.1) is 0 Å². The van der Waals surface area contributed by atoms with Crippen molar-refractivity contribution in [3.05, 3.63) is 41.6 Å². The molecule has 4 rings (SSSR count). The van der Waals surface area contributed by atoms with Gasteiger partial charge in [0.1, 0.15) is 5.82 Å². The van der Waals surface area contributed by atoms with Gasteiger partial charge in [-0.15, -0.1) is 11.8 Å². The summed E-state index contributed by atoms with van der Waals surface area (Å²) in [5.41, 5.74) is 2.85. The summed E-state index contributed by atoms with van der Waals surface area (Å²) in [6.07, 6.45) is 7.05. The fraction of sp³-hybridized carbons (Fsp3) is 0.471. The number of hydrogen-bond acceptors (Lipinski definition) is 3. The highest BCUT2D eigenvalue weighted by atomic mass is 32.2. The highest BCUT2D eigenvalue weighted by Crippen LogP contribution is 2.49. The summed E-state index contributed by atoms with van der Waals surface area (Å²) in [5.74, 6) is 1.20. The van der Waals surface area contributed by atoms with Crippen LogP contribution < -0.4 is 5.32 Å². The quantitative estimate of drug-likeness (QED) is 0.872. The number of anilines is 1. The zero-order valence-corrected chi connectivity index (χ0v) is 13.2. The third-order valence-corrected chi connectivity index (χ3v) is 5.72. The van der Waals surface area contributed by atoms with Gasteiger partial charge in [0.2, 0.25) is 0 Å². The number of thioether (sulfide) groups is 1. The minimum absolute atomic E-state index is 0.156. The van der Waals surface area contributed by atoms with Gasteiger partial charge in [0.15, 0.2) is 0 Å². The van der Waals surface area contributed by atoms with E-state index in [4.69, 9.17) is 5.10 Å². The molecule has 2 aliphatic rings. The van der Waals surface area contributed by atoms with Gasteiger partial charge in [0, 0.05) is 29.5 Å². The summed E-state index contributed by atoms with van der Waals surface area (Å²) < 4.78 is 2.15. The molecular weight excluding hydrogens is 278 g/mol. The Morgan fingerprint density at radius 1 is 1.19 bits per heavy atom. The van der Waals surface area contributed by atoms with Gasteiger partial charge in [0.05, 0.1) is 5.69 Å². The molecule has 1 fully saturated rings. The largest absolute Gasteiger partial charge is 0.370 e. The number of nitrogens with zero attached hydrogens (tertiary/aromatic N) is 2. The van der Waals surface area contributed by atoms with E-state index in [0.717, 1.165) is 13.1 Å². The molecule has 1 N–H and O–H groups in total. The molecule has 1 aromatic carbocycles. The van der Waals surface area contributed by atoms with Crippen molar-refractivity contribution in [1.29, 1.82) is 0 Å². The summed E-state index contributed by atoms with van der Waals surface area (Å²) in [7, 11) is 0. The van der Waals surface area contributed by atoms with E-state index in [-0.39, 0.29) is 5.41 Å². The summed E-state index contributed by atoms with van der Waals surface area (Å²) in [6, 6.07) is 11.4. The molecule has 0 saturated heterocycles. The molecule has 21 heavy (non-hydrogen) atoms. The fourth-order valence-electron chi connectivity index (χ4n) is 3.54. The summed E-state index contributed by atoms with van der Waals surface area (Å²) in [4.78, 5) is 1.33. The first-order valence-corrected chi connectivity index (χ1v) is 9.01. The minimum atomic E-state index is 0.156. The van der Waals surface area contributed by atoms with Crippen molar-refractivity contribution in [2.24, 2.45) is 0 Å². The van der Waals surface area contributed by atoms with E-state index in [1.165, 1.54) is 47.7 Å². The topological polar surface area (TPSA) is 29.9 Å². The Balaban J connectivity index is 1.73. The number of benzene rings is 1. The van der Waals surface area contributed by atoms with E-state index >= 15 is 0 Å². The van der Waals surface area contributed by atoms with Gasteiger partial charge >= 0.3 is 0 Å². The van der Waals surface area contributed by atoms with Crippen molar-refractivity contribution in [2.45, 2.75) is 42.5 Å². The second-order valence-electron chi connectivity index (χ2n) is 6.08. The van der Waals surface area contributed by atoms with Crippen molar-refractivity contribution >= 4 is 17.6 Å². The standard InChI is InChI=1S/C17H21N3S/c1-21-14-6-4-13(5-7-14)17(8-2-9-17)15-12-16-18-10-3-11-20(16)19-15/h4-7,12,18H,2-3,8-11H2,1H3. The zero-order valence-electron chi connectivity index (χ0n) is 12.4. The first-order chi connectivity index (χ1) is 10.3. The van der Waals surface area contributed by atoms with Crippen LogP contribution in [-0.2, 0) is 12.0 Å². The molecule has 0 amide bonds. The molecule has 0 radical (unpaired) electrons. The molecule has 2 heterocycles. The van der Waals surface area contributed by atoms with Crippen LogP contribution in [0.2, 0.25) is 0 Å². The second-order valence-corrected chi connectivity index (χ2v) is 6.96. The van der Waals surface area contributed by atoms with Gasteiger partial charge in [-0.1, -0.05) is 18.6 Å². The van der Waals surface area contributed by atoms with Gasteiger partial charge in [-0.25, -0.2) is 4.68 Å². The predicted molar refractivity (Wildman–Crippen MR) is 88.2 cm³/mol. The number of hydrogen-bond donors (Lipinski definition) is 1. The average molecular weight is 299 g/mol. The maximum atomic E-state index is 4.91. The van der Waals surface area contributed by atoms with Crippen LogP contribution in [0.4, 0.5) is 5.82 Å². The lowest BCUT2D eigenvalue weighted by Gasteiger charge is -2.41. The molecule has 4 heteroatoms. The van der Waals surface area contributed by atoms with Crippen molar-refractivity contribution in [3.63, 3.8) is 0 Å². The Morgan fingerprint density at radius 3 is 2.62 bits per heavy atom. The van der Waals surface area contributed by atoms with Gasteiger partial charge in [0.25, 0.3) is 0 Å². The second kappa shape index (κ2) is 5.09. The van der Waals surface area contributed by atoms with E-state index in [0.29, 0.717) is 0 Å². The molecule has 3 nitrogen and oxygen atoms in total. The lowest BCUT2D eigenvalue weighted by Crippen LogP contribution is -2.36. The van der Waals surface area contributed by atoms with Crippen LogP contribution in [0.3, 0.4) is 0 Å². The van der Waals surface area contributed by atoms with E-state index < -0.39 is 0 Å². The van der Waals surface area contributed by atoms with Crippen molar-refractivity contribution in [2.75, 3.05) is 18.1 Å². The van der Waals surface area contributed by atoms with E-state index in [1.54, 1.807) is 11.8 Å². The molecule has 0 bridgehead atoms. The van der Waals surface area contributed by atoms with Crippen LogP contribution in [0.25, 0.3) is 0 Å². The molecule has 0 spiro atoms. The van der Waals surface area contributed by atoms with Crippen LogP contribution in [-0.4, -0.2) is 22.6 Å². The normalized spacial score (nSPS) is 19.5. The Hall–Kier alpha value is -1.42. The van der Waals surface area contributed by atoms with E-state index in [2.05, 4.69) is 46.6 Å². The molecule has 1 saturated carbocycles. The van der Waals surface area contributed by atoms with Crippen molar-refractivity contribution in [1.82, 2.24) is 9.78 Å². The SMILES string of the molecule is CSc1ccc(C2(c3cc4n(n3)CCCN4)CCC2)cc1. The van der Waals surface area contributed by atoms with E-state index in [1.807, 2.05) is 0 Å². The monoisotopic (exact) mass is 299 g/mol. The lowest BCUT2D eigenvalue weighted by molar-refractivity contribution is 0.290. The Labute approximate surface area is 130 Å². The number of aromatic nitrogens is 2. The van der Waals surface area contributed by atoms with Crippen molar-refractivity contribution < 1.29 is 0 Å². The number of rotatable bonds is 3. The Kier molecular flexibility index (Phi) is 3.21. The van der Waals surface area contributed by atoms with Crippen LogP contribution in [0.15, 0.2) is 35.2 Å². The molecule has 2 aromatic rings. The molecule has 110 valence electrons. The molecule has 0 atom stereocenters. The molecule has 0 unspecified atom stereocenters. The Bertz CT molecular complexity index is 617. The van der Waals surface area contributed by atoms with Gasteiger partial charge < -0.3 is 5.32 Å². The number of fused-ring (bicyclic) bond motifs is 1. The van der Waals surface area contributed by atoms with Crippen LogP contribution >= 0.6 is 11.8 Å². The zero-order chi connectivity index (χ0) is 14.3. The first-order valence-electron chi connectivity index (χ1n) is 7.79. The highest BCUT2D eigenvalue weighted by Gasteiger charge is 2.42. The highest BCUT2D eigenvalue weighted by molar-refractivity contribution is 7.98. The van der Waals surface area contributed by atoms with Gasteiger partial charge in [-0.3, -0.25) is 0 Å². The van der Waals surface area contributed by atoms with Gasteiger partial charge in [-0.2, -0.15) is 5.10 Å². The lowest BCUT2D eigenvalue weighted by atomic mass is 9.62. The third kappa shape index (κ3) is 2.08. The fourth-order valence-corrected chi connectivity index (χ4v) is 3.95. The predicted octanol–water partition coefficient (Wildman–Crippen LogP) is 3.89. The molecule has 1 aliphatic heterocycles. The minimum Gasteiger partial charge on any atom is -0.370 e. The summed E-state index contributed by atoms with van der Waals surface area (Å²) in [5, 5.41) is 8.38. The Morgan fingerprint density at radius 2 is 2.00 bits per heavy atom. The van der Waals surface area contributed by atoms with Gasteiger partial charge in [-0.05, 0) is 43.2 Å². The first kappa shape index (κ1) is 13.3. The maximum Gasteiger partial charge on any atom is 0.124 e. The van der Waals surface area contributed by atoms with Crippen LogP contribution in [0.1, 0.15) is 36.9 Å². The molecule has 1 aromatic heterocycles. The summed E-state index contributed by atoms with van der Waals surface area (Å²) in [6.45, 7) is 2.12. The maximum absolute atomic E-state index is 4.91.